The van der Waals surface area contributed by atoms with Gasteiger partial charge in [0.15, 0.2) is 17.3 Å². The van der Waals surface area contributed by atoms with Crippen LogP contribution in [0.1, 0.15) is 31.8 Å². The normalized spacial score (nSPS) is 11.2. The van der Waals surface area contributed by atoms with Gasteiger partial charge in [-0.3, -0.25) is 14.4 Å². The van der Waals surface area contributed by atoms with Crippen LogP contribution in [0.25, 0.3) is 22.9 Å². The Balaban J connectivity index is 1.37. The van der Waals surface area contributed by atoms with Crippen molar-refractivity contribution in [1.82, 2.24) is 5.32 Å². The smallest absolute Gasteiger partial charge is 0.272 e. The van der Waals surface area contributed by atoms with Crippen LogP contribution >= 0.6 is 0 Å². The monoisotopic (exact) mass is 612 g/mol. The molecule has 0 fully saturated rings. The number of anilines is 1. The number of carbonyl (C=O) groups excluding carboxylic acids is 3. The predicted octanol–water partition coefficient (Wildman–Crippen LogP) is 7.17. The first-order valence-corrected chi connectivity index (χ1v) is 14.4. The molecule has 0 aliphatic carbocycles. The van der Waals surface area contributed by atoms with Crippen LogP contribution in [0.5, 0.6) is 17.2 Å². The average Bonchev–Trinajstić information content (AvgIpc) is 3.10. The molecule has 0 aromatic heterocycles. The SMILES string of the molecule is COc1cc(/C=C(\NC(=O)c2ccccc2)C(=O)Nc2ccc(C(=O)/C=C/c3cccc4ccccc34)cc2)cc(OC)c1OC. The van der Waals surface area contributed by atoms with Crippen molar-refractivity contribution in [2.75, 3.05) is 26.6 Å². The molecule has 0 unspecified atom stereocenters. The maximum absolute atomic E-state index is 13.5. The van der Waals surface area contributed by atoms with Crippen molar-refractivity contribution in [2.24, 2.45) is 0 Å². The number of rotatable bonds is 11. The van der Waals surface area contributed by atoms with Gasteiger partial charge in [0.05, 0.1) is 21.3 Å². The number of nitrogens with one attached hydrogen (secondary N) is 2. The van der Waals surface area contributed by atoms with Gasteiger partial charge in [-0.15, -0.1) is 0 Å². The second kappa shape index (κ2) is 14.5. The van der Waals surface area contributed by atoms with E-state index < -0.39 is 11.8 Å². The van der Waals surface area contributed by atoms with Gasteiger partial charge in [-0.2, -0.15) is 0 Å². The van der Waals surface area contributed by atoms with Crippen molar-refractivity contribution in [1.29, 1.82) is 0 Å². The molecule has 2 amide bonds. The number of methoxy groups -OCH3 is 3. The summed E-state index contributed by atoms with van der Waals surface area (Å²) in [5.41, 5.74) is 2.71. The summed E-state index contributed by atoms with van der Waals surface area (Å²) < 4.78 is 16.3. The Kier molecular flexibility index (Phi) is 9.89. The molecule has 5 aromatic rings. The topological polar surface area (TPSA) is 103 Å². The summed E-state index contributed by atoms with van der Waals surface area (Å²) in [7, 11) is 4.47. The van der Waals surface area contributed by atoms with Crippen LogP contribution in [0.2, 0.25) is 0 Å². The van der Waals surface area contributed by atoms with E-state index in [4.69, 9.17) is 14.2 Å². The largest absolute Gasteiger partial charge is 0.493 e. The van der Waals surface area contributed by atoms with Gasteiger partial charge in [-0.1, -0.05) is 66.7 Å². The van der Waals surface area contributed by atoms with Crippen LogP contribution in [0, 0.1) is 0 Å². The first kappa shape index (κ1) is 31.3. The van der Waals surface area contributed by atoms with Gasteiger partial charge < -0.3 is 24.8 Å². The number of ether oxygens (including phenoxy) is 3. The highest BCUT2D eigenvalue weighted by Crippen LogP contribution is 2.38. The number of hydrogen-bond donors (Lipinski definition) is 2. The lowest BCUT2D eigenvalue weighted by Gasteiger charge is -2.14. The van der Waals surface area contributed by atoms with Crippen LogP contribution in [0.3, 0.4) is 0 Å². The molecule has 0 atom stereocenters. The lowest BCUT2D eigenvalue weighted by Crippen LogP contribution is -2.30. The molecule has 46 heavy (non-hydrogen) atoms. The fraction of sp³-hybridized carbons (Fsp3) is 0.0789. The number of hydrogen-bond acceptors (Lipinski definition) is 6. The van der Waals surface area contributed by atoms with E-state index in [1.165, 1.54) is 33.5 Å². The van der Waals surface area contributed by atoms with Crippen LogP contribution in [-0.2, 0) is 4.79 Å². The molecule has 2 N–H and O–H groups in total. The number of fused-ring (bicyclic) bond motifs is 1. The van der Waals surface area contributed by atoms with E-state index in [0.717, 1.165) is 16.3 Å². The molecular formula is C38H32N2O6. The van der Waals surface area contributed by atoms with E-state index in [1.54, 1.807) is 72.8 Å². The summed E-state index contributed by atoms with van der Waals surface area (Å²) in [6.07, 6.45) is 4.85. The van der Waals surface area contributed by atoms with Crippen LogP contribution in [0.4, 0.5) is 5.69 Å². The van der Waals surface area contributed by atoms with Crippen LogP contribution in [-0.4, -0.2) is 38.9 Å². The maximum atomic E-state index is 13.5. The number of allylic oxidation sites excluding steroid dienone is 1. The fourth-order valence-electron chi connectivity index (χ4n) is 4.87. The van der Waals surface area contributed by atoms with Gasteiger partial charge in [-0.05, 0) is 82.6 Å². The first-order chi connectivity index (χ1) is 22.4. The Hall–Kier alpha value is -6.15. The van der Waals surface area contributed by atoms with Crippen molar-refractivity contribution >= 4 is 46.2 Å². The Morgan fingerprint density at radius 2 is 1.33 bits per heavy atom. The van der Waals surface area contributed by atoms with E-state index in [-0.39, 0.29) is 11.5 Å². The lowest BCUT2D eigenvalue weighted by molar-refractivity contribution is -0.113. The lowest BCUT2D eigenvalue weighted by atomic mass is 10.0. The number of benzene rings is 5. The molecule has 0 aliphatic heterocycles. The second-order valence-corrected chi connectivity index (χ2v) is 10.1. The summed E-state index contributed by atoms with van der Waals surface area (Å²) in [4.78, 5) is 39.5. The minimum absolute atomic E-state index is 0.0266. The van der Waals surface area contributed by atoms with E-state index in [1.807, 2.05) is 42.5 Å². The number of amides is 2. The Morgan fingerprint density at radius 3 is 2.00 bits per heavy atom. The number of carbonyl (C=O) groups is 3. The predicted molar refractivity (Wildman–Crippen MR) is 180 cm³/mol. The van der Waals surface area contributed by atoms with E-state index in [0.29, 0.717) is 39.6 Å². The van der Waals surface area contributed by atoms with Gasteiger partial charge in [0.25, 0.3) is 11.8 Å². The molecule has 0 aliphatic rings. The van der Waals surface area contributed by atoms with Crippen molar-refractivity contribution < 1.29 is 28.6 Å². The van der Waals surface area contributed by atoms with Crippen molar-refractivity contribution in [3.63, 3.8) is 0 Å². The van der Waals surface area contributed by atoms with E-state index >= 15 is 0 Å². The highest BCUT2D eigenvalue weighted by molar-refractivity contribution is 6.11. The molecule has 5 rings (SSSR count). The highest BCUT2D eigenvalue weighted by atomic mass is 16.5. The van der Waals surface area contributed by atoms with E-state index in [9.17, 15) is 14.4 Å². The van der Waals surface area contributed by atoms with Crippen LogP contribution in [0.15, 0.2) is 121 Å². The summed E-state index contributed by atoms with van der Waals surface area (Å²) in [5, 5.41) is 7.67. The summed E-state index contributed by atoms with van der Waals surface area (Å²) >= 11 is 0. The molecule has 8 nitrogen and oxygen atoms in total. The van der Waals surface area contributed by atoms with Gasteiger partial charge in [-0.25, -0.2) is 0 Å². The zero-order valence-electron chi connectivity index (χ0n) is 25.6. The molecule has 0 heterocycles. The fourth-order valence-corrected chi connectivity index (χ4v) is 4.87. The van der Waals surface area contributed by atoms with Gasteiger partial charge >= 0.3 is 0 Å². The van der Waals surface area contributed by atoms with Crippen molar-refractivity contribution in [3.05, 3.63) is 143 Å². The summed E-state index contributed by atoms with van der Waals surface area (Å²) in [5.74, 6) is -0.0534. The third-order valence-electron chi connectivity index (χ3n) is 7.19. The van der Waals surface area contributed by atoms with Gasteiger partial charge in [0.1, 0.15) is 5.70 Å². The van der Waals surface area contributed by atoms with E-state index in [2.05, 4.69) is 10.6 Å². The minimum atomic E-state index is -0.576. The maximum Gasteiger partial charge on any atom is 0.272 e. The molecule has 0 saturated heterocycles. The van der Waals surface area contributed by atoms with Gasteiger partial charge in [0, 0.05) is 16.8 Å². The van der Waals surface area contributed by atoms with Crippen LogP contribution < -0.4 is 24.8 Å². The molecule has 8 heteroatoms. The molecule has 230 valence electrons. The van der Waals surface area contributed by atoms with Crippen molar-refractivity contribution in [3.8, 4) is 17.2 Å². The highest BCUT2D eigenvalue weighted by Gasteiger charge is 2.18. The standard InChI is InChI=1S/C38H32N2O6/c1-44-34-23-25(24-35(45-2)36(34)46-3)22-32(40-37(42)29-11-5-4-6-12-29)38(43)39-30-19-16-28(17-20-30)33(41)21-18-27-14-9-13-26-10-7-8-15-31(26)27/h4-24H,1-3H3,(H,39,43)(H,40,42)/b21-18+,32-22-. The second-order valence-electron chi connectivity index (χ2n) is 10.1. The molecule has 0 bridgehead atoms. The molecule has 0 radical (unpaired) electrons. The molecule has 5 aromatic carbocycles. The molecule has 0 spiro atoms. The summed E-state index contributed by atoms with van der Waals surface area (Å²) in [6, 6.07) is 32.4. The number of ketones is 1. The third kappa shape index (κ3) is 7.31. The molecule has 0 saturated carbocycles. The Morgan fingerprint density at radius 1 is 0.674 bits per heavy atom. The zero-order valence-corrected chi connectivity index (χ0v) is 25.6. The Labute approximate surface area is 266 Å². The first-order valence-electron chi connectivity index (χ1n) is 14.4. The quantitative estimate of drug-likeness (QED) is 0.121. The van der Waals surface area contributed by atoms with Gasteiger partial charge in [0.2, 0.25) is 5.75 Å². The average molecular weight is 613 g/mol. The summed E-state index contributed by atoms with van der Waals surface area (Å²) in [6.45, 7) is 0. The molecular weight excluding hydrogens is 580 g/mol. The third-order valence-corrected chi connectivity index (χ3v) is 7.19. The van der Waals surface area contributed by atoms with Crippen molar-refractivity contribution in [2.45, 2.75) is 0 Å². The zero-order chi connectivity index (χ0) is 32.5. The Bertz CT molecular complexity index is 1920. The minimum Gasteiger partial charge on any atom is -0.493 e.